The fourth-order valence-corrected chi connectivity index (χ4v) is 1.41. The van der Waals surface area contributed by atoms with Gasteiger partial charge in [0.25, 0.3) is 0 Å². The first kappa shape index (κ1) is 14.2. The lowest BCUT2D eigenvalue weighted by atomic mass is 10.2. The Balaban J connectivity index is 0. The summed E-state index contributed by atoms with van der Waals surface area (Å²) in [5, 5.41) is 0. The summed E-state index contributed by atoms with van der Waals surface area (Å²) >= 11 is 5.64. The van der Waals surface area contributed by atoms with Crippen molar-refractivity contribution in [3.8, 4) is 0 Å². The second kappa shape index (κ2) is 7.34. The highest BCUT2D eigenvalue weighted by Gasteiger charge is 2.10. The van der Waals surface area contributed by atoms with Crippen LogP contribution in [0.3, 0.4) is 0 Å². The Morgan fingerprint density at radius 3 is 1.55 bits per heavy atom. The molecule has 0 aromatic rings. The van der Waals surface area contributed by atoms with Crippen LogP contribution < -0.4 is 0 Å². The van der Waals surface area contributed by atoms with E-state index in [-0.39, 0.29) is 9.90 Å². The fraction of sp³-hybridized carbons (Fsp3) is 1.00. The molecule has 0 fully saturated rings. The molecule has 0 aromatic carbocycles. The van der Waals surface area contributed by atoms with Crippen molar-refractivity contribution in [2.45, 2.75) is 39.8 Å². The van der Waals surface area contributed by atoms with Gasteiger partial charge < -0.3 is 0 Å². The van der Waals surface area contributed by atoms with E-state index in [1.807, 2.05) is 0 Å². The summed E-state index contributed by atoms with van der Waals surface area (Å²) in [7, 11) is 0. The van der Waals surface area contributed by atoms with Crippen LogP contribution in [-0.4, -0.2) is 29.4 Å². The third-order valence-electron chi connectivity index (χ3n) is 1.67. The molecule has 0 N–H and O–H groups in total. The van der Waals surface area contributed by atoms with Crippen LogP contribution in [0.1, 0.15) is 27.7 Å². The third-order valence-corrected chi connectivity index (χ3v) is 1.84. The number of nitrogens with zero attached hydrogens (tertiary/aromatic N) is 1. The minimum absolute atomic E-state index is 0. The van der Waals surface area contributed by atoms with Gasteiger partial charge in [-0.05, 0) is 27.7 Å². The van der Waals surface area contributed by atoms with Gasteiger partial charge in [0.2, 0.25) is 0 Å². The van der Waals surface area contributed by atoms with Gasteiger partial charge in [0.15, 0.2) is 0 Å². The summed E-state index contributed by atoms with van der Waals surface area (Å²) < 4.78 is 0. The van der Waals surface area contributed by atoms with Gasteiger partial charge >= 0.3 is 0 Å². The first-order chi connectivity index (χ1) is 4.59. The van der Waals surface area contributed by atoms with E-state index in [1.165, 1.54) is 0 Å². The molecule has 11 heavy (non-hydrogen) atoms. The Hall–Kier alpha value is 0.680. The SMILES string of the molecule is CC(C)N(CCCl)C(C)C.P. The van der Waals surface area contributed by atoms with E-state index in [4.69, 9.17) is 11.6 Å². The quantitative estimate of drug-likeness (QED) is 0.494. The lowest BCUT2D eigenvalue weighted by Crippen LogP contribution is -2.38. The summed E-state index contributed by atoms with van der Waals surface area (Å²) in [6, 6.07) is 1.22. The molecule has 3 heteroatoms. The molecular formula is C8H21ClNP. The summed E-state index contributed by atoms with van der Waals surface area (Å²) in [5.74, 6) is 0.732. The number of halogens is 1. The smallest absolute Gasteiger partial charge is 0.0351 e. The van der Waals surface area contributed by atoms with Crippen LogP contribution in [-0.2, 0) is 0 Å². The van der Waals surface area contributed by atoms with E-state index in [9.17, 15) is 0 Å². The molecule has 0 heterocycles. The van der Waals surface area contributed by atoms with Crippen molar-refractivity contribution in [2.75, 3.05) is 12.4 Å². The monoisotopic (exact) mass is 197 g/mol. The van der Waals surface area contributed by atoms with Crippen molar-refractivity contribution in [3.05, 3.63) is 0 Å². The van der Waals surface area contributed by atoms with Gasteiger partial charge in [-0.3, -0.25) is 4.90 Å². The highest BCUT2D eigenvalue weighted by atomic mass is 35.5. The van der Waals surface area contributed by atoms with Gasteiger partial charge in [0.1, 0.15) is 0 Å². The molecule has 1 nitrogen and oxygen atoms in total. The molecule has 1 unspecified atom stereocenters. The second-order valence-electron chi connectivity index (χ2n) is 3.11. The Bertz CT molecular complexity index is 78.2. The van der Waals surface area contributed by atoms with Gasteiger partial charge in [-0.25, -0.2) is 0 Å². The molecule has 0 bridgehead atoms. The van der Waals surface area contributed by atoms with Gasteiger partial charge in [0.05, 0.1) is 0 Å². The molecule has 0 amide bonds. The molecule has 0 rings (SSSR count). The average Bonchev–Trinajstić information content (AvgIpc) is 1.81. The Labute approximate surface area is 79.1 Å². The topological polar surface area (TPSA) is 3.24 Å². The average molecular weight is 198 g/mol. The molecule has 70 valence electrons. The van der Waals surface area contributed by atoms with Gasteiger partial charge in [-0.1, -0.05) is 0 Å². The van der Waals surface area contributed by atoms with Crippen LogP contribution >= 0.6 is 21.5 Å². The van der Waals surface area contributed by atoms with E-state index < -0.39 is 0 Å². The van der Waals surface area contributed by atoms with Crippen molar-refractivity contribution < 1.29 is 0 Å². The van der Waals surface area contributed by atoms with Gasteiger partial charge in [0, 0.05) is 24.5 Å². The second-order valence-corrected chi connectivity index (χ2v) is 3.49. The maximum absolute atomic E-state index is 5.64. The zero-order chi connectivity index (χ0) is 8.15. The predicted octanol–water partition coefficient (Wildman–Crippen LogP) is 2.40. The van der Waals surface area contributed by atoms with Gasteiger partial charge in [-0.15, -0.1) is 11.6 Å². The van der Waals surface area contributed by atoms with E-state index in [0.717, 1.165) is 12.4 Å². The van der Waals surface area contributed by atoms with Gasteiger partial charge in [-0.2, -0.15) is 9.90 Å². The van der Waals surface area contributed by atoms with Crippen LogP contribution in [0.2, 0.25) is 0 Å². The van der Waals surface area contributed by atoms with Crippen LogP contribution in [0.15, 0.2) is 0 Å². The third kappa shape index (κ3) is 5.90. The summed E-state index contributed by atoms with van der Waals surface area (Å²) in [5.41, 5.74) is 0. The van der Waals surface area contributed by atoms with Crippen LogP contribution in [0.25, 0.3) is 0 Å². The maximum atomic E-state index is 5.64. The molecule has 0 saturated carbocycles. The zero-order valence-electron chi connectivity index (χ0n) is 8.10. The molecule has 0 aliphatic heterocycles. The fourth-order valence-electron chi connectivity index (χ4n) is 1.21. The summed E-state index contributed by atoms with van der Waals surface area (Å²) in [6.07, 6.45) is 0. The Morgan fingerprint density at radius 2 is 1.45 bits per heavy atom. The molecule has 0 aliphatic carbocycles. The van der Waals surface area contributed by atoms with Crippen molar-refractivity contribution in [1.82, 2.24) is 4.90 Å². The highest BCUT2D eigenvalue weighted by Crippen LogP contribution is 2.03. The summed E-state index contributed by atoms with van der Waals surface area (Å²) in [6.45, 7) is 9.80. The molecule has 0 radical (unpaired) electrons. The number of rotatable bonds is 4. The zero-order valence-corrected chi connectivity index (χ0v) is 10.3. The molecular weight excluding hydrogens is 177 g/mol. The first-order valence-electron chi connectivity index (χ1n) is 3.91. The van der Waals surface area contributed by atoms with Crippen LogP contribution in [0.5, 0.6) is 0 Å². The lowest BCUT2D eigenvalue weighted by molar-refractivity contribution is 0.187. The lowest BCUT2D eigenvalue weighted by Gasteiger charge is -2.29. The van der Waals surface area contributed by atoms with E-state index in [1.54, 1.807) is 0 Å². The minimum atomic E-state index is 0. The van der Waals surface area contributed by atoms with E-state index in [2.05, 4.69) is 32.6 Å². The standard InChI is InChI=1S/C8H18ClN.H3P/c1-7(2)10(6-5-9)8(3)4;/h7-8H,5-6H2,1-4H3;1H3. The molecule has 0 aromatic heterocycles. The molecule has 1 atom stereocenters. The van der Waals surface area contributed by atoms with Crippen molar-refractivity contribution >= 4 is 21.5 Å². The Kier molecular flexibility index (Phi) is 9.48. The number of alkyl halides is 1. The van der Waals surface area contributed by atoms with Crippen LogP contribution in [0.4, 0.5) is 0 Å². The van der Waals surface area contributed by atoms with E-state index >= 15 is 0 Å². The molecule has 0 saturated heterocycles. The van der Waals surface area contributed by atoms with Crippen molar-refractivity contribution in [2.24, 2.45) is 0 Å². The highest BCUT2D eigenvalue weighted by molar-refractivity contribution is 6.92. The van der Waals surface area contributed by atoms with Crippen molar-refractivity contribution in [1.29, 1.82) is 0 Å². The first-order valence-corrected chi connectivity index (χ1v) is 4.44. The maximum Gasteiger partial charge on any atom is 0.0351 e. The van der Waals surface area contributed by atoms with Crippen molar-refractivity contribution in [3.63, 3.8) is 0 Å². The number of hydrogen-bond donors (Lipinski definition) is 0. The number of hydrogen-bond acceptors (Lipinski definition) is 1. The van der Waals surface area contributed by atoms with E-state index in [0.29, 0.717) is 12.1 Å². The largest absolute Gasteiger partial charge is 0.297 e. The normalized spacial score (nSPS) is 10.9. The van der Waals surface area contributed by atoms with Crippen LogP contribution in [0, 0.1) is 0 Å². The minimum Gasteiger partial charge on any atom is -0.297 e. The Morgan fingerprint density at radius 1 is 1.09 bits per heavy atom. The molecule has 0 spiro atoms. The molecule has 0 aliphatic rings. The summed E-state index contributed by atoms with van der Waals surface area (Å²) in [4.78, 5) is 2.38. The predicted molar refractivity (Wildman–Crippen MR) is 58.8 cm³/mol.